The van der Waals surface area contributed by atoms with Crippen LogP contribution in [0.3, 0.4) is 0 Å². The maximum absolute atomic E-state index is 11.7. The molecular weight excluding hydrogens is 283 g/mol. The highest BCUT2D eigenvalue weighted by Gasteiger charge is 2.18. The molecule has 0 bridgehead atoms. The molecule has 0 aliphatic carbocycles. The molecule has 1 aromatic heterocycles. The molecule has 0 radical (unpaired) electrons. The first-order valence-corrected chi connectivity index (χ1v) is 5.57. The van der Waals surface area contributed by atoms with E-state index in [9.17, 15) is 14.7 Å². The monoisotopic (exact) mass is 292 g/mol. The Balaban J connectivity index is 2.66. The van der Waals surface area contributed by atoms with Crippen LogP contribution in [0.15, 0.2) is 12.1 Å². The molecule has 0 aliphatic heterocycles. The fourth-order valence-electron chi connectivity index (χ4n) is 1.07. The van der Waals surface area contributed by atoms with Crippen LogP contribution in [0.5, 0.6) is 0 Å². The number of nitrogens with zero attached hydrogens (tertiary/aromatic N) is 1. The van der Waals surface area contributed by atoms with Crippen molar-refractivity contribution in [1.29, 1.82) is 0 Å². The van der Waals surface area contributed by atoms with Crippen LogP contribution in [-0.2, 0) is 9.53 Å². The van der Waals surface area contributed by atoms with Gasteiger partial charge < -0.3 is 15.2 Å². The number of carbonyl (C=O) groups is 2. The van der Waals surface area contributed by atoms with E-state index in [0.717, 1.165) is 7.11 Å². The predicted molar refractivity (Wildman–Crippen MR) is 64.6 cm³/mol. The SMILES string of the molecule is COC(=O)C(O)CNC(=O)c1nc(Cl)ccc1Cl. The van der Waals surface area contributed by atoms with Crippen LogP contribution in [0, 0.1) is 0 Å². The summed E-state index contributed by atoms with van der Waals surface area (Å²) in [5.41, 5.74) is -0.0822. The van der Waals surface area contributed by atoms with E-state index >= 15 is 0 Å². The molecule has 0 fully saturated rings. The van der Waals surface area contributed by atoms with Gasteiger partial charge in [0.2, 0.25) is 0 Å². The first-order chi connectivity index (χ1) is 8.45. The van der Waals surface area contributed by atoms with Gasteiger partial charge in [0, 0.05) is 0 Å². The summed E-state index contributed by atoms with van der Waals surface area (Å²) in [5, 5.41) is 11.8. The van der Waals surface area contributed by atoms with Gasteiger partial charge >= 0.3 is 5.97 Å². The second-order valence-corrected chi connectivity index (χ2v) is 4.01. The molecule has 0 aromatic carbocycles. The van der Waals surface area contributed by atoms with Gasteiger partial charge in [-0.2, -0.15) is 0 Å². The Bertz CT molecular complexity index is 467. The van der Waals surface area contributed by atoms with Crippen molar-refractivity contribution in [2.24, 2.45) is 0 Å². The lowest BCUT2D eigenvalue weighted by Crippen LogP contribution is -2.37. The highest BCUT2D eigenvalue weighted by Crippen LogP contribution is 2.16. The number of aromatic nitrogens is 1. The molecule has 0 saturated heterocycles. The molecule has 0 aliphatic rings. The smallest absolute Gasteiger partial charge is 0.336 e. The number of halogens is 2. The van der Waals surface area contributed by atoms with E-state index in [0.29, 0.717) is 0 Å². The summed E-state index contributed by atoms with van der Waals surface area (Å²) < 4.78 is 4.29. The first kappa shape index (κ1) is 14.7. The normalized spacial score (nSPS) is 11.8. The van der Waals surface area contributed by atoms with Crippen LogP contribution >= 0.6 is 23.2 Å². The first-order valence-electron chi connectivity index (χ1n) is 4.82. The minimum Gasteiger partial charge on any atom is -0.467 e. The van der Waals surface area contributed by atoms with E-state index in [1.807, 2.05) is 0 Å². The Morgan fingerprint density at radius 3 is 2.78 bits per heavy atom. The summed E-state index contributed by atoms with van der Waals surface area (Å²) in [6, 6.07) is 2.85. The quantitative estimate of drug-likeness (QED) is 0.628. The van der Waals surface area contributed by atoms with Crippen LogP contribution < -0.4 is 5.32 Å². The molecule has 6 nitrogen and oxygen atoms in total. The minimum atomic E-state index is -1.45. The van der Waals surface area contributed by atoms with Crippen molar-refractivity contribution in [1.82, 2.24) is 10.3 Å². The van der Waals surface area contributed by atoms with Gasteiger partial charge in [0.05, 0.1) is 18.7 Å². The third kappa shape index (κ3) is 3.83. The van der Waals surface area contributed by atoms with E-state index in [4.69, 9.17) is 23.2 Å². The molecule has 2 N–H and O–H groups in total. The lowest BCUT2D eigenvalue weighted by Gasteiger charge is -2.10. The number of methoxy groups -OCH3 is 1. The molecular formula is C10H10Cl2N2O4. The van der Waals surface area contributed by atoms with Crippen molar-refractivity contribution in [3.05, 3.63) is 28.0 Å². The zero-order valence-electron chi connectivity index (χ0n) is 9.31. The average molecular weight is 293 g/mol. The van der Waals surface area contributed by atoms with E-state index in [-0.39, 0.29) is 22.4 Å². The number of amides is 1. The maximum Gasteiger partial charge on any atom is 0.336 e. The zero-order valence-corrected chi connectivity index (χ0v) is 10.8. The van der Waals surface area contributed by atoms with Gasteiger partial charge in [-0.3, -0.25) is 4.79 Å². The number of hydrogen-bond acceptors (Lipinski definition) is 5. The van der Waals surface area contributed by atoms with Crippen LogP contribution in [0.1, 0.15) is 10.5 Å². The van der Waals surface area contributed by atoms with Crippen LogP contribution in [-0.4, -0.2) is 41.7 Å². The number of esters is 1. The van der Waals surface area contributed by atoms with E-state index in [1.165, 1.54) is 12.1 Å². The Morgan fingerprint density at radius 2 is 2.17 bits per heavy atom. The maximum atomic E-state index is 11.7. The van der Waals surface area contributed by atoms with E-state index < -0.39 is 18.0 Å². The van der Waals surface area contributed by atoms with Crippen molar-refractivity contribution in [2.75, 3.05) is 13.7 Å². The molecule has 8 heteroatoms. The minimum absolute atomic E-state index is 0.0822. The number of aliphatic hydroxyl groups excluding tert-OH is 1. The molecule has 1 aromatic rings. The third-order valence-corrected chi connectivity index (χ3v) is 2.47. The number of pyridine rings is 1. The number of hydrogen-bond donors (Lipinski definition) is 2. The standard InChI is InChI=1S/C10H10Cl2N2O4/c1-18-10(17)6(15)4-13-9(16)8-5(11)2-3-7(12)14-8/h2-3,6,15H,4H2,1H3,(H,13,16). The number of nitrogens with one attached hydrogen (secondary N) is 1. The summed E-state index contributed by atoms with van der Waals surface area (Å²) in [5.74, 6) is -1.49. The van der Waals surface area contributed by atoms with Gasteiger partial charge in [-0.15, -0.1) is 0 Å². The van der Waals surface area contributed by atoms with Crippen molar-refractivity contribution < 1.29 is 19.4 Å². The fourth-order valence-corrected chi connectivity index (χ4v) is 1.41. The van der Waals surface area contributed by atoms with Crippen molar-refractivity contribution in [3.63, 3.8) is 0 Å². The number of ether oxygens (including phenoxy) is 1. The third-order valence-electron chi connectivity index (χ3n) is 1.96. The van der Waals surface area contributed by atoms with Gasteiger partial charge in [0.15, 0.2) is 6.10 Å². The summed E-state index contributed by atoms with van der Waals surface area (Å²) in [7, 11) is 1.13. The molecule has 0 saturated carbocycles. The molecule has 18 heavy (non-hydrogen) atoms. The summed E-state index contributed by atoms with van der Waals surface area (Å²) in [4.78, 5) is 26.3. The van der Waals surface area contributed by atoms with Crippen LogP contribution in [0.25, 0.3) is 0 Å². The second kappa shape index (κ2) is 6.53. The lowest BCUT2D eigenvalue weighted by atomic mass is 10.3. The fraction of sp³-hybridized carbons (Fsp3) is 0.300. The van der Waals surface area contributed by atoms with Crippen molar-refractivity contribution >= 4 is 35.1 Å². The Hall–Kier alpha value is -1.37. The average Bonchev–Trinajstić information content (AvgIpc) is 2.37. The molecule has 0 spiro atoms. The van der Waals surface area contributed by atoms with Gasteiger partial charge in [0.25, 0.3) is 5.91 Å². The molecule has 1 heterocycles. The summed E-state index contributed by atoms with van der Waals surface area (Å²) in [6.45, 7) is -0.309. The van der Waals surface area contributed by atoms with Crippen molar-refractivity contribution in [3.8, 4) is 0 Å². The van der Waals surface area contributed by atoms with Gasteiger partial charge in [-0.05, 0) is 12.1 Å². The number of aliphatic hydroxyl groups is 1. The summed E-state index contributed by atoms with van der Waals surface area (Å²) in [6.07, 6.45) is -1.45. The topological polar surface area (TPSA) is 88.5 Å². The predicted octanol–water partition coefficient (Wildman–Crippen LogP) is 0.652. The highest BCUT2D eigenvalue weighted by atomic mass is 35.5. The van der Waals surface area contributed by atoms with E-state index in [2.05, 4.69) is 15.0 Å². The summed E-state index contributed by atoms with van der Waals surface area (Å²) >= 11 is 11.4. The molecule has 1 rings (SSSR count). The lowest BCUT2D eigenvalue weighted by molar-refractivity contribution is -0.149. The van der Waals surface area contributed by atoms with Crippen LogP contribution in [0.4, 0.5) is 0 Å². The van der Waals surface area contributed by atoms with Gasteiger partial charge in [0.1, 0.15) is 10.8 Å². The number of rotatable bonds is 4. The number of carbonyl (C=O) groups excluding carboxylic acids is 2. The Morgan fingerprint density at radius 1 is 1.50 bits per heavy atom. The highest BCUT2D eigenvalue weighted by molar-refractivity contribution is 6.34. The van der Waals surface area contributed by atoms with Gasteiger partial charge in [-0.1, -0.05) is 23.2 Å². The van der Waals surface area contributed by atoms with Crippen LogP contribution in [0.2, 0.25) is 10.2 Å². The second-order valence-electron chi connectivity index (χ2n) is 3.21. The largest absolute Gasteiger partial charge is 0.467 e. The Kier molecular flexibility index (Phi) is 5.33. The molecule has 1 atom stereocenters. The molecule has 1 unspecified atom stereocenters. The van der Waals surface area contributed by atoms with Crippen molar-refractivity contribution in [2.45, 2.75) is 6.10 Å². The zero-order chi connectivity index (χ0) is 13.7. The Labute approximate surface area is 113 Å². The molecule has 98 valence electrons. The van der Waals surface area contributed by atoms with Gasteiger partial charge in [-0.25, -0.2) is 9.78 Å². The molecule has 1 amide bonds. The van der Waals surface area contributed by atoms with E-state index in [1.54, 1.807) is 0 Å².